The monoisotopic (exact) mass is 228 g/mol. The fourth-order valence-corrected chi connectivity index (χ4v) is 1.76. The van der Waals surface area contributed by atoms with E-state index in [0.717, 1.165) is 0 Å². The van der Waals surface area contributed by atoms with Crippen molar-refractivity contribution in [3.63, 3.8) is 0 Å². The van der Waals surface area contributed by atoms with E-state index in [1.807, 2.05) is 0 Å². The lowest BCUT2D eigenvalue weighted by molar-refractivity contribution is -0.175. The molecular weight excluding hydrogens is 214 g/mol. The van der Waals surface area contributed by atoms with Gasteiger partial charge in [0.15, 0.2) is 0 Å². The number of nitrogens with two attached hydrogens (primary N) is 1. The molecule has 1 aliphatic heterocycles. The number of ether oxygens (including phenoxy) is 1. The maximum Gasteiger partial charge on any atom is 0.355 e. The van der Waals surface area contributed by atoms with Gasteiger partial charge in [-0.05, 0) is 6.07 Å². The molecular formula is C9H14N3O4+. The third-order valence-corrected chi connectivity index (χ3v) is 2.62. The molecule has 7 nitrogen and oxygen atoms in total. The van der Waals surface area contributed by atoms with E-state index >= 15 is 0 Å². The van der Waals surface area contributed by atoms with Crippen molar-refractivity contribution < 1.29 is 14.9 Å². The number of hydrogen-bond donors (Lipinski definition) is 3. The Hall–Kier alpha value is -1.44. The zero-order valence-electron chi connectivity index (χ0n) is 8.52. The molecule has 0 aromatic carbocycles. The van der Waals surface area contributed by atoms with Crippen LogP contribution in [-0.4, -0.2) is 43.3 Å². The Morgan fingerprint density at radius 2 is 2.44 bits per heavy atom. The zero-order valence-corrected chi connectivity index (χ0v) is 8.52. The number of hydrogen-bond acceptors (Lipinski definition) is 5. The first kappa shape index (κ1) is 11.1. The van der Waals surface area contributed by atoms with Crippen LogP contribution >= 0.6 is 0 Å². The summed E-state index contributed by atoms with van der Waals surface area (Å²) in [4.78, 5) is 15.1. The van der Waals surface area contributed by atoms with Gasteiger partial charge in [-0.25, -0.2) is 9.36 Å². The predicted octanol–water partition coefficient (Wildman–Crippen LogP) is -2.02. The Balaban J connectivity index is 2.23. The molecule has 3 atom stereocenters. The molecule has 0 saturated carbocycles. The van der Waals surface area contributed by atoms with Crippen LogP contribution in [0.5, 0.6) is 0 Å². The van der Waals surface area contributed by atoms with Crippen molar-refractivity contribution in [1.82, 2.24) is 9.55 Å². The van der Waals surface area contributed by atoms with Gasteiger partial charge in [0, 0.05) is 6.20 Å². The van der Waals surface area contributed by atoms with Crippen molar-refractivity contribution in [3.8, 4) is 0 Å². The largest absolute Gasteiger partial charge is 0.409 e. The van der Waals surface area contributed by atoms with Gasteiger partial charge in [0.1, 0.15) is 18.5 Å². The van der Waals surface area contributed by atoms with E-state index < -0.39 is 24.1 Å². The normalized spacial score (nSPS) is 29.5. The van der Waals surface area contributed by atoms with Gasteiger partial charge in [0.2, 0.25) is 12.3 Å². The van der Waals surface area contributed by atoms with Gasteiger partial charge >= 0.3 is 5.69 Å². The Kier molecular flexibility index (Phi) is 2.90. The standard InChI is InChI=1S/C9H13N3O4/c10-7-1-2-12(9(15)11-7)8-3-5(14)6(4-13)16-8/h1-2,5-6,8,13-14H,3-4H2,(H2,10,11,15)/p+1/t5?,6-,8-/m1/s1. The minimum Gasteiger partial charge on any atom is -0.409 e. The first-order chi connectivity index (χ1) is 7.61. The fourth-order valence-electron chi connectivity index (χ4n) is 1.76. The SMILES string of the molecule is Nc1ccn([C@H]2CC(O)[C@@H](CO)[OH+]2)c(=O)n1. The van der Waals surface area contributed by atoms with E-state index in [1.54, 1.807) is 0 Å². The number of rotatable bonds is 2. The summed E-state index contributed by atoms with van der Waals surface area (Å²) in [5.41, 5.74) is 4.86. The summed E-state index contributed by atoms with van der Waals surface area (Å²) < 4.78 is 5.43. The third-order valence-electron chi connectivity index (χ3n) is 2.62. The molecule has 0 aliphatic carbocycles. The molecule has 0 radical (unpaired) electrons. The second kappa shape index (κ2) is 4.20. The molecule has 1 aromatic heterocycles. The van der Waals surface area contributed by atoms with Gasteiger partial charge in [-0.2, -0.15) is 4.98 Å². The number of aliphatic hydroxyl groups excluding tert-OH is 2. The van der Waals surface area contributed by atoms with Gasteiger partial charge in [-0.1, -0.05) is 0 Å². The highest BCUT2D eigenvalue weighted by atomic mass is 16.5. The number of aromatic nitrogens is 2. The Labute approximate surface area is 91.1 Å². The molecule has 7 heteroatoms. The molecule has 5 N–H and O–H groups in total. The lowest BCUT2D eigenvalue weighted by Crippen LogP contribution is -2.30. The highest BCUT2D eigenvalue weighted by Gasteiger charge is 2.40. The lowest BCUT2D eigenvalue weighted by atomic mass is 10.2. The second-order valence-electron chi connectivity index (χ2n) is 3.72. The highest BCUT2D eigenvalue weighted by Crippen LogP contribution is 2.24. The van der Waals surface area contributed by atoms with E-state index in [4.69, 9.17) is 10.8 Å². The van der Waals surface area contributed by atoms with Crippen molar-refractivity contribution >= 4 is 5.82 Å². The van der Waals surface area contributed by atoms with Crippen molar-refractivity contribution in [2.45, 2.75) is 24.9 Å². The van der Waals surface area contributed by atoms with Crippen molar-refractivity contribution in [2.75, 3.05) is 12.3 Å². The molecule has 16 heavy (non-hydrogen) atoms. The quantitative estimate of drug-likeness (QED) is 0.505. The number of anilines is 1. The molecule has 0 amide bonds. The molecule has 2 heterocycles. The van der Waals surface area contributed by atoms with Crippen molar-refractivity contribution in [2.24, 2.45) is 0 Å². The lowest BCUT2D eigenvalue weighted by Gasteiger charge is -2.10. The molecule has 1 aliphatic rings. The Bertz CT molecular complexity index is 433. The summed E-state index contributed by atoms with van der Waals surface area (Å²) in [5, 5.41) is 18.5. The molecule has 88 valence electrons. The average Bonchev–Trinajstić information content (AvgIpc) is 2.59. The zero-order chi connectivity index (χ0) is 11.7. The summed E-state index contributed by atoms with van der Waals surface area (Å²) in [7, 11) is 0. The van der Waals surface area contributed by atoms with Gasteiger partial charge in [-0.15, -0.1) is 0 Å². The van der Waals surface area contributed by atoms with Crippen molar-refractivity contribution in [1.29, 1.82) is 0 Å². The van der Waals surface area contributed by atoms with E-state index in [1.165, 1.54) is 16.8 Å². The molecule has 1 fully saturated rings. The first-order valence-corrected chi connectivity index (χ1v) is 4.95. The number of nitrogens with zero attached hydrogens (tertiary/aromatic N) is 2. The summed E-state index contributed by atoms with van der Waals surface area (Å²) in [6, 6.07) is 1.50. The molecule has 1 saturated heterocycles. The van der Waals surface area contributed by atoms with Gasteiger partial charge in [0.25, 0.3) is 0 Å². The first-order valence-electron chi connectivity index (χ1n) is 4.95. The smallest absolute Gasteiger partial charge is 0.355 e. The minimum atomic E-state index is -0.723. The third kappa shape index (κ3) is 1.92. The molecule has 2 rings (SSSR count). The van der Waals surface area contributed by atoms with Crippen LogP contribution in [0.3, 0.4) is 0 Å². The van der Waals surface area contributed by atoms with Gasteiger partial charge < -0.3 is 20.7 Å². The summed E-state index contributed by atoms with van der Waals surface area (Å²) in [6.45, 7) is -0.227. The Morgan fingerprint density at radius 1 is 1.69 bits per heavy atom. The molecule has 1 aromatic rings. The van der Waals surface area contributed by atoms with Gasteiger partial charge in [0.05, 0.1) is 6.42 Å². The van der Waals surface area contributed by atoms with Crippen molar-refractivity contribution in [3.05, 3.63) is 22.7 Å². The predicted molar refractivity (Wildman–Crippen MR) is 55.7 cm³/mol. The van der Waals surface area contributed by atoms with Crippen LogP contribution in [-0.2, 0) is 0 Å². The second-order valence-corrected chi connectivity index (χ2v) is 3.72. The maximum absolute atomic E-state index is 11.5. The van der Waals surface area contributed by atoms with E-state index in [2.05, 4.69) is 9.72 Å². The van der Waals surface area contributed by atoms with E-state index in [0.29, 0.717) is 6.42 Å². The van der Waals surface area contributed by atoms with Crippen LogP contribution in [0.2, 0.25) is 0 Å². The maximum atomic E-state index is 11.5. The van der Waals surface area contributed by atoms with E-state index in [-0.39, 0.29) is 12.4 Å². The Morgan fingerprint density at radius 3 is 3.00 bits per heavy atom. The fraction of sp³-hybridized carbons (Fsp3) is 0.556. The van der Waals surface area contributed by atoms with Crippen LogP contribution in [0.25, 0.3) is 0 Å². The summed E-state index contributed by atoms with van der Waals surface area (Å²) in [6.07, 6.45) is 0.0591. The summed E-state index contributed by atoms with van der Waals surface area (Å²) in [5.74, 6) is 0.151. The molecule has 0 bridgehead atoms. The average molecular weight is 228 g/mol. The minimum absolute atomic E-state index is 0.151. The van der Waals surface area contributed by atoms with Crippen LogP contribution in [0.15, 0.2) is 17.1 Å². The van der Waals surface area contributed by atoms with Crippen LogP contribution in [0, 0.1) is 0 Å². The number of aliphatic hydroxyl groups is 4. The highest BCUT2D eigenvalue weighted by molar-refractivity contribution is 5.23. The van der Waals surface area contributed by atoms with Crippen LogP contribution < -0.4 is 11.4 Å². The van der Waals surface area contributed by atoms with Crippen LogP contribution in [0.4, 0.5) is 5.82 Å². The summed E-state index contributed by atoms with van der Waals surface area (Å²) >= 11 is 0. The molecule has 1 unspecified atom stereocenters. The molecule has 0 spiro atoms. The topological polar surface area (TPSA) is 114 Å². The van der Waals surface area contributed by atoms with Gasteiger partial charge in [-0.3, -0.25) is 0 Å². The van der Waals surface area contributed by atoms with Crippen LogP contribution in [0.1, 0.15) is 12.6 Å². The van der Waals surface area contributed by atoms with E-state index in [9.17, 15) is 9.90 Å². The number of nitrogen functional groups attached to an aromatic ring is 1.